The monoisotopic (exact) mass is 695 g/mol. The van der Waals surface area contributed by atoms with Gasteiger partial charge in [0.2, 0.25) is 11.8 Å². The van der Waals surface area contributed by atoms with Crippen molar-refractivity contribution in [1.82, 2.24) is 29.7 Å². The first-order valence-corrected chi connectivity index (χ1v) is 18.6. The van der Waals surface area contributed by atoms with Crippen LogP contribution >= 0.6 is 7.67 Å². The van der Waals surface area contributed by atoms with Gasteiger partial charge in [0.25, 0.3) is 0 Å². The molecule has 268 valence electrons. The number of aryl methyl sites for hydroxylation is 1. The number of nitrogens with one attached hydrogen (secondary N) is 2. The van der Waals surface area contributed by atoms with Gasteiger partial charge in [0.15, 0.2) is 17.4 Å². The molecule has 0 radical (unpaired) electrons. The zero-order chi connectivity index (χ0) is 34.6. The van der Waals surface area contributed by atoms with Crippen molar-refractivity contribution >= 4 is 36.7 Å². The van der Waals surface area contributed by atoms with Gasteiger partial charge in [-0.1, -0.05) is 12.8 Å². The van der Waals surface area contributed by atoms with Gasteiger partial charge >= 0.3 is 19.6 Å². The first kappa shape index (κ1) is 36.4. The lowest BCUT2D eigenvalue weighted by Gasteiger charge is -2.29. The van der Waals surface area contributed by atoms with E-state index in [0.717, 1.165) is 64.2 Å². The summed E-state index contributed by atoms with van der Waals surface area (Å²) in [5, 5.41) is 17.0. The Morgan fingerprint density at radius 2 is 1.54 bits per heavy atom. The molecule has 3 fully saturated rings. The number of esters is 2. The van der Waals surface area contributed by atoms with Gasteiger partial charge in [-0.05, 0) is 79.1 Å². The van der Waals surface area contributed by atoms with E-state index >= 15 is 0 Å². The van der Waals surface area contributed by atoms with Gasteiger partial charge < -0.3 is 34.3 Å². The highest BCUT2D eigenvalue weighted by Crippen LogP contribution is 2.44. The van der Waals surface area contributed by atoms with Gasteiger partial charge in [-0.15, -0.1) is 0 Å². The van der Waals surface area contributed by atoms with Crippen molar-refractivity contribution in [2.75, 3.05) is 19.5 Å². The third kappa shape index (κ3) is 8.64. The number of fused-ring (bicyclic) bond motifs is 1. The smallest absolute Gasteiger partial charge is 0.342 e. The Bertz CT molecular complexity index is 1450. The third-order valence-corrected chi connectivity index (χ3v) is 11.1. The van der Waals surface area contributed by atoms with Gasteiger partial charge in [-0.3, -0.25) is 18.7 Å². The number of carbonyl (C=O) groups excluding carboxylic acids is 2. The second-order valence-corrected chi connectivity index (χ2v) is 15.3. The maximum Gasteiger partial charge on any atom is 0.342 e. The number of nitrogens with zero attached hydrogens (tertiary/aromatic N) is 4. The number of aliphatic hydroxyl groups is 1. The number of hydrogen-bond donors (Lipinski definition) is 4. The molecule has 2 aliphatic carbocycles. The number of carbonyl (C=O) groups is 2. The predicted octanol–water partition coefficient (Wildman–Crippen LogP) is 3.60. The second-order valence-electron chi connectivity index (χ2n) is 13.4. The summed E-state index contributed by atoms with van der Waals surface area (Å²) in [6.45, 7) is 6.15. The van der Waals surface area contributed by atoms with Crippen molar-refractivity contribution in [2.24, 2.45) is 0 Å². The molecule has 2 aromatic rings. The Labute approximate surface area is 280 Å². The van der Waals surface area contributed by atoms with E-state index in [-0.39, 0.29) is 37.1 Å². The fourth-order valence-corrected chi connectivity index (χ4v) is 8.52. The Hall–Kier alpha value is -2.88. The van der Waals surface area contributed by atoms with Gasteiger partial charge in [0.05, 0.1) is 19.8 Å². The van der Waals surface area contributed by atoms with Crippen LogP contribution in [0.3, 0.4) is 0 Å². The van der Waals surface area contributed by atoms with Crippen molar-refractivity contribution < 1.29 is 42.7 Å². The molecule has 0 bridgehead atoms. The fraction of sp³-hybridized carbons (Fsp3) is 0.774. The van der Waals surface area contributed by atoms with Crippen LogP contribution in [0.4, 0.5) is 5.95 Å². The number of ether oxygens (including phenoxy) is 4. The lowest BCUT2D eigenvalue weighted by atomic mass is 9.98. The van der Waals surface area contributed by atoms with E-state index in [1.807, 2.05) is 0 Å². The highest BCUT2D eigenvalue weighted by Gasteiger charge is 2.47. The Balaban J connectivity index is 1.30. The molecule has 16 nitrogen and oxygen atoms in total. The van der Waals surface area contributed by atoms with Crippen LogP contribution in [0.25, 0.3) is 11.2 Å². The van der Waals surface area contributed by atoms with Crippen molar-refractivity contribution in [1.29, 1.82) is 0 Å². The molecule has 5 atom stereocenters. The van der Waals surface area contributed by atoms with Gasteiger partial charge in [0, 0.05) is 6.42 Å². The van der Waals surface area contributed by atoms with E-state index in [1.165, 1.54) is 21.0 Å². The summed E-state index contributed by atoms with van der Waals surface area (Å²) in [6, 6.07) is -2.04. The summed E-state index contributed by atoms with van der Waals surface area (Å²) in [6.07, 6.45) is 7.26. The number of hydrogen-bond acceptors (Lipinski definition) is 13. The average Bonchev–Trinajstić information content (AvgIpc) is 3.53. The minimum absolute atomic E-state index is 0.0385. The normalized spacial score (nSPS) is 26.5. The molecule has 1 saturated heterocycles. The van der Waals surface area contributed by atoms with E-state index in [4.69, 9.17) is 29.2 Å². The second kappa shape index (κ2) is 15.3. The van der Waals surface area contributed by atoms with Crippen molar-refractivity contribution in [3.05, 3.63) is 5.82 Å². The summed E-state index contributed by atoms with van der Waals surface area (Å²) in [5.74, 6) is -0.515. The maximum atomic E-state index is 14.4. The van der Waals surface area contributed by atoms with E-state index in [9.17, 15) is 19.3 Å². The number of rotatable bonds is 13. The molecule has 5 N–H and O–H groups in total. The van der Waals surface area contributed by atoms with E-state index in [2.05, 4.69) is 25.1 Å². The molecular formula is C31H50N7O9P. The van der Waals surface area contributed by atoms with Crippen LogP contribution in [-0.2, 0) is 32.9 Å². The lowest BCUT2D eigenvalue weighted by molar-refractivity contribution is -0.152. The molecule has 2 aromatic heterocycles. The van der Waals surface area contributed by atoms with Crippen molar-refractivity contribution in [2.45, 2.75) is 141 Å². The van der Waals surface area contributed by atoms with E-state index in [0.29, 0.717) is 17.0 Å². The highest BCUT2D eigenvalue weighted by molar-refractivity contribution is 7.54. The van der Waals surface area contributed by atoms with Gasteiger partial charge in [0.1, 0.15) is 35.7 Å². The molecule has 0 aromatic carbocycles. The quantitative estimate of drug-likeness (QED) is 0.174. The van der Waals surface area contributed by atoms with Crippen LogP contribution < -0.4 is 20.6 Å². The first-order chi connectivity index (χ1) is 22.8. The number of anilines is 1. The molecule has 0 spiro atoms. The zero-order valence-corrected chi connectivity index (χ0v) is 29.4. The summed E-state index contributed by atoms with van der Waals surface area (Å²) >= 11 is 0. The van der Waals surface area contributed by atoms with Crippen molar-refractivity contribution in [3.63, 3.8) is 0 Å². The number of imidazole rings is 1. The Morgan fingerprint density at radius 1 is 1.00 bits per heavy atom. The predicted molar refractivity (Wildman–Crippen MR) is 175 cm³/mol. The molecule has 48 heavy (non-hydrogen) atoms. The fourth-order valence-electron chi connectivity index (χ4n) is 6.69. The van der Waals surface area contributed by atoms with Gasteiger partial charge in [-0.25, -0.2) is 15.2 Å². The van der Waals surface area contributed by atoms with E-state index in [1.54, 1.807) is 18.4 Å². The number of aromatic nitrogens is 4. The molecule has 3 heterocycles. The standard InChI is InChI=1S/C31H50N7O9P/c1-18(27(39)45-21-12-8-6-9-13-21)36-48(42,37-19(2)28(40)46-22-14-10-7-11-15-22)44-17-23-16-31(4,41)29(47-23)38-20(3)33-24-25(38)34-30(32)35-26(24)43-5/h18-19,21-23,29,41H,6-17H2,1-5H3,(H2,32,34,35)(H2,36,37,42). The molecule has 0 amide bonds. The number of nitrogen functional groups attached to an aromatic ring is 1. The van der Waals surface area contributed by atoms with Crippen LogP contribution in [-0.4, -0.2) is 86.3 Å². The molecular weight excluding hydrogens is 645 g/mol. The Kier molecular flexibility index (Phi) is 11.6. The maximum absolute atomic E-state index is 14.4. The Morgan fingerprint density at radius 3 is 2.06 bits per heavy atom. The minimum Gasteiger partial charge on any atom is -0.479 e. The highest BCUT2D eigenvalue weighted by atomic mass is 31.2. The third-order valence-electron chi connectivity index (χ3n) is 9.17. The van der Waals surface area contributed by atoms with Crippen molar-refractivity contribution in [3.8, 4) is 5.88 Å². The zero-order valence-electron chi connectivity index (χ0n) is 28.5. The molecule has 5 rings (SSSR count). The average molecular weight is 696 g/mol. The lowest BCUT2D eigenvalue weighted by Crippen LogP contribution is -2.44. The first-order valence-electron chi connectivity index (χ1n) is 16.9. The number of nitrogens with two attached hydrogens (primary N) is 1. The van der Waals surface area contributed by atoms with Crippen LogP contribution in [0.1, 0.15) is 103 Å². The van der Waals surface area contributed by atoms with Crippen LogP contribution in [0, 0.1) is 6.92 Å². The number of methoxy groups -OCH3 is 1. The molecule has 5 unspecified atom stereocenters. The topological polar surface area (TPSA) is 211 Å². The summed E-state index contributed by atoms with van der Waals surface area (Å²) in [7, 11) is -2.68. The molecule has 2 saturated carbocycles. The SMILES string of the molecule is COc1nc(N)nc2c1nc(C)n2C1OC(COP(=O)(NC(C)C(=O)OC2CCCCC2)NC(C)C(=O)OC2CCCCC2)CC1(C)O. The van der Waals surface area contributed by atoms with Crippen LogP contribution in [0.5, 0.6) is 5.88 Å². The molecule has 1 aliphatic heterocycles. The molecule has 3 aliphatic rings. The van der Waals surface area contributed by atoms with Crippen LogP contribution in [0.15, 0.2) is 0 Å². The largest absolute Gasteiger partial charge is 0.479 e. The summed E-state index contributed by atoms with van der Waals surface area (Å²) < 4.78 is 44.9. The minimum atomic E-state index is -4.12. The molecule has 17 heteroatoms. The summed E-state index contributed by atoms with van der Waals surface area (Å²) in [4.78, 5) is 39.0. The van der Waals surface area contributed by atoms with Crippen LogP contribution in [0.2, 0.25) is 0 Å². The summed E-state index contributed by atoms with van der Waals surface area (Å²) in [5.41, 5.74) is 5.15. The van der Waals surface area contributed by atoms with E-state index < -0.39 is 49.6 Å². The van der Waals surface area contributed by atoms with Gasteiger partial charge in [-0.2, -0.15) is 9.97 Å².